The Morgan fingerprint density at radius 1 is 0.871 bits per heavy atom. The number of hydrogen-bond donors (Lipinski definition) is 3. The van der Waals surface area contributed by atoms with Crippen molar-refractivity contribution in [3.63, 3.8) is 0 Å². The first-order valence-electron chi connectivity index (χ1n) is 11.6. The number of aliphatic hydroxyl groups is 1. The van der Waals surface area contributed by atoms with Gasteiger partial charge in [-0.15, -0.1) is 0 Å². The second-order valence-corrected chi connectivity index (χ2v) is 9.72. The maximum Gasteiger partial charge on any atom is 0.127 e. The van der Waals surface area contributed by atoms with E-state index in [-0.39, 0.29) is 5.41 Å². The summed E-state index contributed by atoms with van der Waals surface area (Å²) < 4.78 is 11.4. The number of quaternary nitrogens is 2. The van der Waals surface area contributed by atoms with Crippen LogP contribution in [0.3, 0.4) is 0 Å². The quantitative estimate of drug-likeness (QED) is 0.489. The molecule has 5 nitrogen and oxygen atoms in total. The number of aliphatic hydroxyl groups excluding tert-OH is 1. The molecule has 3 N–H and O–H groups in total. The highest BCUT2D eigenvalue weighted by atomic mass is 16.5. The molecule has 1 aliphatic heterocycles. The molecular formula is C26H40N2O3+2. The number of rotatable bonds is 10. The molecule has 0 aromatic heterocycles. The molecule has 1 atom stereocenters. The van der Waals surface area contributed by atoms with Gasteiger partial charge >= 0.3 is 0 Å². The summed E-state index contributed by atoms with van der Waals surface area (Å²) in [6.45, 7) is 14.3. The lowest BCUT2D eigenvalue weighted by molar-refractivity contribution is -1.02. The number of benzene rings is 2. The monoisotopic (exact) mass is 428 g/mol. The predicted molar refractivity (Wildman–Crippen MR) is 124 cm³/mol. The van der Waals surface area contributed by atoms with Crippen LogP contribution < -0.4 is 14.5 Å². The maximum atomic E-state index is 10.3. The zero-order chi connectivity index (χ0) is 22.1. The molecule has 0 radical (unpaired) electrons. The summed E-state index contributed by atoms with van der Waals surface area (Å²) in [6, 6.07) is 19.0. The minimum atomic E-state index is -0.420. The van der Waals surface area contributed by atoms with Crippen LogP contribution in [0.15, 0.2) is 54.6 Å². The van der Waals surface area contributed by atoms with E-state index in [4.69, 9.17) is 9.47 Å². The Bertz CT molecular complexity index is 750. The lowest BCUT2D eigenvalue weighted by Gasteiger charge is -2.30. The lowest BCUT2D eigenvalue weighted by Crippen LogP contribution is -3.28. The van der Waals surface area contributed by atoms with Gasteiger partial charge in [-0.05, 0) is 23.1 Å². The fourth-order valence-corrected chi connectivity index (χ4v) is 4.10. The topological polar surface area (TPSA) is 47.6 Å². The highest BCUT2D eigenvalue weighted by Crippen LogP contribution is 2.24. The molecule has 1 heterocycles. The molecular weight excluding hydrogens is 388 g/mol. The third kappa shape index (κ3) is 8.26. The van der Waals surface area contributed by atoms with Crippen LogP contribution in [-0.4, -0.2) is 63.8 Å². The van der Waals surface area contributed by atoms with Crippen molar-refractivity contribution < 1.29 is 24.4 Å². The Labute approximate surface area is 187 Å². The summed E-state index contributed by atoms with van der Waals surface area (Å²) in [6.07, 6.45) is -0.420. The van der Waals surface area contributed by atoms with E-state index in [1.165, 1.54) is 16.0 Å². The van der Waals surface area contributed by atoms with Crippen molar-refractivity contribution in [2.24, 2.45) is 0 Å². The van der Waals surface area contributed by atoms with E-state index >= 15 is 0 Å². The Hall–Kier alpha value is -1.92. The van der Waals surface area contributed by atoms with Gasteiger partial charge in [0.1, 0.15) is 57.7 Å². The fraction of sp³-hybridized carbons (Fsp3) is 0.538. The molecule has 5 heteroatoms. The molecule has 170 valence electrons. The Balaban J connectivity index is 1.25. The fourth-order valence-electron chi connectivity index (χ4n) is 4.10. The number of nitrogens with one attached hydrogen (secondary N) is 2. The number of ether oxygens (including phenoxy) is 2. The highest BCUT2D eigenvalue weighted by Gasteiger charge is 2.25. The first-order valence-corrected chi connectivity index (χ1v) is 11.6. The van der Waals surface area contributed by atoms with E-state index < -0.39 is 6.10 Å². The third-order valence-corrected chi connectivity index (χ3v) is 6.01. The average Bonchev–Trinajstić information content (AvgIpc) is 2.75. The summed E-state index contributed by atoms with van der Waals surface area (Å²) in [5.74, 6) is 0.859. The smallest absolute Gasteiger partial charge is 0.127 e. The lowest BCUT2D eigenvalue weighted by atomic mass is 9.87. The molecule has 0 bridgehead atoms. The zero-order valence-corrected chi connectivity index (χ0v) is 19.4. The molecule has 0 unspecified atom stereocenters. The number of hydrogen-bond acceptors (Lipinski definition) is 3. The summed E-state index contributed by atoms with van der Waals surface area (Å²) in [5, 5.41) is 10.3. The summed E-state index contributed by atoms with van der Waals surface area (Å²) in [5.41, 5.74) is 2.85. The second-order valence-electron chi connectivity index (χ2n) is 9.72. The van der Waals surface area contributed by atoms with Gasteiger partial charge in [0.25, 0.3) is 0 Å². The van der Waals surface area contributed by atoms with Gasteiger partial charge in [-0.1, -0.05) is 63.2 Å². The molecule has 1 saturated heterocycles. The van der Waals surface area contributed by atoms with Gasteiger partial charge in [-0.2, -0.15) is 0 Å². The molecule has 0 saturated carbocycles. The van der Waals surface area contributed by atoms with Crippen molar-refractivity contribution >= 4 is 0 Å². The Morgan fingerprint density at radius 2 is 1.52 bits per heavy atom. The minimum Gasteiger partial charge on any atom is -0.491 e. The van der Waals surface area contributed by atoms with Crippen molar-refractivity contribution in [3.8, 4) is 5.75 Å². The SMILES string of the molecule is CC(C)(C)c1ccc(OCCOC[C@H](O)C[NH+]2CC[NH+](Cc3ccccc3)CC2)cc1. The number of piperazine rings is 1. The molecule has 1 aliphatic rings. The van der Waals surface area contributed by atoms with Crippen molar-refractivity contribution in [2.45, 2.75) is 38.8 Å². The van der Waals surface area contributed by atoms with Crippen LogP contribution in [0.5, 0.6) is 5.75 Å². The Morgan fingerprint density at radius 3 is 2.16 bits per heavy atom. The maximum absolute atomic E-state index is 10.3. The summed E-state index contributed by atoms with van der Waals surface area (Å²) >= 11 is 0. The van der Waals surface area contributed by atoms with Gasteiger partial charge in [-0.25, -0.2) is 0 Å². The zero-order valence-electron chi connectivity index (χ0n) is 19.4. The van der Waals surface area contributed by atoms with Crippen LogP contribution in [0.4, 0.5) is 0 Å². The average molecular weight is 429 g/mol. The largest absolute Gasteiger partial charge is 0.491 e. The van der Waals surface area contributed by atoms with E-state index in [1.54, 1.807) is 4.90 Å². The Kier molecular flexibility index (Phi) is 8.90. The highest BCUT2D eigenvalue weighted by molar-refractivity contribution is 5.31. The van der Waals surface area contributed by atoms with E-state index in [0.717, 1.165) is 45.0 Å². The van der Waals surface area contributed by atoms with E-state index in [2.05, 4.69) is 63.2 Å². The molecule has 0 spiro atoms. The first kappa shape index (κ1) is 23.7. The van der Waals surface area contributed by atoms with Gasteiger partial charge in [-0.3, -0.25) is 0 Å². The van der Waals surface area contributed by atoms with E-state index in [9.17, 15) is 5.11 Å². The molecule has 2 aromatic carbocycles. The van der Waals surface area contributed by atoms with Gasteiger partial charge < -0.3 is 24.4 Å². The van der Waals surface area contributed by atoms with Crippen LogP contribution in [0.1, 0.15) is 31.9 Å². The molecule has 2 aromatic rings. The molecule has 1 fully saturated rings. The van der Waals surface area contributed by atoms with Crippen LogP contribution in [0.25, 0.3) is 0 Å². The van der Waals surface area contributed by atoms with E-state index in [0.29, 0.717) is 19.8 Å². The first-order chi connectivity index (χ1) is 14.9. The molecule has 3 rings (SSSR count). The molecule has 0 amide bonds. The van der Waals surface area contributed by atoms with Gasteiger partial charge in [0.15, 0.2) is 0 Å². The van der Waals surface area contributed by atoms with Gasteiger partial charge in [0.2, 0.25) is 0 Å². The normalized spacial score (nSPS) is 20.4. The summed E-state index contributed by atoms with van der Waals surface area (Å²) in [4.78, 5) is 3.11. The third-order valence-electron chi connectivity index (χ3n) is 6.01. The van der Waals surface area contributed by atoms with Crippen molar-refractivity contribution in [1.29, 1.82) is 0 Å². The predicted octanol–water partition coefficient (Wildman–Crippen LogP) is 0.724. The second kappa shape index (κ2) is 11.6. The van der Waals surface area contributed by atoms with Crippen LogP contribution in [-0.2, 0) is 16.7 Å². The van der Waals surface area contributed by atoms with Gasteiger partial charge in [0, 0.05) is 5.56 Å². The van der Waals surface area contributed by atoms with Crippen LogP contribution >= 0.6 is 0 Å². The van der Waals surface area contributed by atoms with Crippen molar-refractivity contribution in [1.82, 2.24) is 0 Å². The van der Waals surface area contributed by atoms with Crippen molar-refractivity contribution in [3.05, 3.63) is 65.7 Å². The van der Waals surface area contributed by atoms with Gasteiger partial charge in [0.05, 0.1) is 13.2 Å². The van der Waals surface area contributed by atoms with Crippen molar-refractivity contribution in [2.75, 3.05) is 52.5 Å². The van der Waals surface area contributed by atoms with Crippen LogP contribution in [0.2, 0.25) is 0 Å². The van der Waals surface area contributed by atoms with Crippen LogP contribution in [0, 0.1) is 0 Å². The minimum absolute atomic E-state index is 0.148. The van der Waals surface area contributed by atoms with E-state index in [1.807, 2.05) is 12.1 Å². The summed E-state index contributed by atoms with van der Waals surface area (Å²) in [7, 11) is 0. The molecule has 31 heavy (non-hydrogen) atoms. The standard InChI is InChI=1S/C26H38N2O3/c1-26(2,3)23-9-11-25(12-10-23)31-18-17-30-21-24(29)20-28-15-13-27(14-16-28)19-22-7-5-4-6-8-22/h4-12,24,29H,13-21H2,1-3H3/p+2/t24-/m1/s1. The molecule has 0 aliphatic carbocycles.